The zero-order valence-electron chi connectivity index (χ0n) is 18.3. The van der Waals surface area contributed by atoms with E-state index in [0.717, 1.165) is 68.2 Å². The van der Waals surface area contributed by atoms with E-state index >= 15 is 0 Å². The Morgan fingerprint density at radius 3 is 2.67 bits per heavy atom. The third-order valence-corrected chi connectivity index (χ3v) is 5.34. The number of aliphatic imine (C=N–C) groups is 1. The number of hydrogen-bond donors (Lipinski definition) is 2. The van der Waals surface area contributed by atoms with Crippen LogP contribution in [-0.2, 0) is 19.5 Å². The number of rotatable bonds is 8. The fourth-order valence-electron chi connectivity index (χ4n) is 3.48. The van der Waals surface area contributed by atoms with Crippen molar-refractivity contribution in [2.24, 2.45) is 10.9 Å². The molecule has 0 amide bonds. The average molecular weight is 526 g/mol. The van der Waals surface area contributed by atoms with E-state index in [-0.39, 0.29) is 24.0 Å². The Morgan fingerprint density at radius 2 is 2.00 bits per heavy atom. The summed E-state index contributed by atoms with van der Waals surface area (Å²) in [5, 5.41) is 14.8. The van der Waals surface area contributed by atoms with Gasteiger partial charge in [0.1, 0.15) is 18.0 Å². The molecule has 3 heterocycles. The number of anilines is 1. The molecular weight excluding hydrogens is 491 g/mol. The zero-order valence-corrected chi connectivity index (χ0v) is 20.7. The predicted octanol–water partition coefficient (Wildman–Crippen LogP) is 2.85. The van der Waals surface area contributed by atoms with Crippen LogP contribution in [0.15, 0.2) is 29.6 Å². The van der Waals surface area contributed by atoms with Crippen molar-refractivity contribution in [2.75, 3.05) is 31.1 Å². The molecule has 8 nitrogen and oxygen atoms in total. The first-order valence-electron chi connectivity index (χ1n) is 10.8. The van der Waals surface area contributed by atoms with Gasteiger partial charge in [0, 0.05) is 45.3 Å². The second-order valence-corrected chi connectivity index (χ2v) is 7.61. The van der Waals surface area contributed by atoms with Crippen molar-refractivity contribution in [3.8, 4) is 0 Å². The Balaban J connectivity index is 0.00000320. The van der Waals surface area contributed by atoms with E-state index in [1.807, 2.05) is 6.20 Å². The van der Waals surface area contributed by atoms with E-state index in [1.54, 1.807) is 6.33 Å². The molecule has 1 saturated heterocycles. The lowest BCUT2D eigenvalue weighted by atomic mass is 9.99. The first-order chi connectivity index (χ1) is 14.2. The van der Waals surface area contributed by atoms with Crippen LogP contribution in [0.1, 0.15) is 45.0 Å². The number of guanidine groups is 1. The van der Waals surface area contributed by atoms with Crippen LogP contribution in [0.3, 0.4) is 0 Å². The van der Waals surface area contributed by atoms with E-state index < -0.39 is 0 Å². The van der Waals surface area contributed by atoms with Gasteiger partial charge < -0.3 is 20.1 Å². The maximum atomic E-state index is 4.70. The van der Waals surface area contributed by atoms with Gasteiger partial charge >= 0.3 is 0 Å². The molecule has 0 bridgehead atoms. The first-order valence-corrected chi connectivity index (χ1v) is 10.8. The second kappa shape index (κ2) is 12.7. The highest BCUT2D eigenvalue weighted by molar-refractivity contribution is 14.0. The zero-order chi connectivity index (χ0) is 20.5. The molecule has 166 valence electrons. The topological polar surface area (TPSA) is 83.3 Å². The molecule has 3 rings (SSSR count). The highest BCUT2D eigenvalue weighted by Crippen LogP contribution is 2.21. The van der Waals surface area contributed by atoms with Crippen molar-refractivity contribution in [3.05, 3.63) is 36.0 Å². The lowest BCUT2D eigenvalue weighted by Crippen LogP contribution is -2.38. The van der Waals surface area contributed by atoms with Gasteiger partial charge in [-0.05, 0) is 37.3 Å². The van der Waals surface area contributed by atoms with Gasteiger partial charge in [-0.25, -0.2) is 9.98 Å². The molecule has 1 aliphatic rings. The SMILES string of the molecule is CCNC(=NCc1ccc(N2CCC(C)CC2)nc1)NCCn1cnnc1CC.I. The van der Waals surface area contributed by atoms with Crippen LogP contribution in [0.2, 0.25) is 0 Å². The predicted molar refractivity (Wildman–Crippen MR) is 132 cm³/mol. The average Bonchev–Trinajstić information content (AvgIpc) is 3.20. The minimum Gasteiger partial charge on any atom is -0.357 e. The van der Waals surface area contributed by atoms with Gasteiger partial charge in [0.2, 0.25) is 0 Å². The molecule has 0 aromatic carbocycles. The molecule has 0 spiro atoms. The number of pyridine rings is 1. The summed E-state index contributed by atoms with van der Waals surface area (Å²) in [5.41, 5.74) is 1.11. The third kappa shape index (κ3) is 7.10. The third-order valence-electron chi connectivity index (χ3n) is 5.34. The van der Waals surface area contributed by atoms with E-state index in [2.05, 4.69) is 68.2 Å². The van der Waals surface area contributed by atoms with Crippen LogP contribution in [0.4, 0.5) is 5.82 Å². The molecule has 0 saturated carbocycles. The summed E-state index contributed by atoms with van der Waals surface area (Å²) < 4.78 is 2.07. The first kappa shape index (κ1) is 24.4. The Labute approximate surface area is 197 Å². The van der Waals surface area contributed by atoms with Crippen molar-refractivity contribution in [2.45, 2.75) is 53.1 Å². The van der Waals surface area contributed by atoms with Gasteiger partial charge in [0.05, 0.1) is 6.54 Å². The number of piperidine rings is 1. The molecule has 9 heteroatoms. The summed E-state index contributed by atoms with van der Waals surface area (Å²) in [5.74, 6) is 3.72. The smallest absolute Gasteiger partial charge is 0.191 e. The van der Waals surface area contributed by atoms with Crippen LogP contribution in [0.5, 0.6) is 0 Å². The monoisotopic (exact) mass is 526 g/mol. The number of nitrogens with zero attached hydrogens (tertiary/aromatic N) is 6. The Kier molecular flexibility index (Phi) is 10.3. The maximum absolute atomic E-state index is 4.70. The molecule has 1 fully saturated rings. The molecule has 0 radical (unpaired) electrons. The second-order valence-electron chi connectivity index (χ2n) is 7.61. The minimum atomic E-state index is 0. The van der Waals surface area contributed by atoms with Crippen molar-refractivity contribution < 1.29 is 0 Å². The maximum Gasteiger partial charge on any atom is 0.191 e. The van der Waals surface area contributed by atoms with Crippen LogP contribution in [0.25, 0.3) is 0 Å². The molecule has 0 unspecified atom stereocenters. The van der Waals surface area contributed by atoms with Gasteiger partial charge in [0.15, 0.2) is 5.96 Å². The van der Waals surface area contributed by atoms with Crippen LogP contribution in [-0.4, -0.2) is 51.9 Å². The number of halogens is 1. The minimum absolute atomic E-state index is 0. The van der Waals surface area contributed by atoms with E-state index in [0.29, 0.717) is 6.54 Å². The number of aryl methyl sites for hydroxylation is 1. The van der Waals surface area contributed by atoms with Crippen molar-refractivity contribution >= 4 is 35.8 Å². The van der Waals surface area contributed by atoms with Gasteiger partial charge in [-0.3, -0.25) is 0 Å². The van der Waals surface area contributed by atoms with Crippen LogP contribution >= 0.6 is 24.0 Å². The fraction of sp³-hybridized carbons (Fsp3) is 0.619. The quantitative estimate of drug-likeness (QED) is 0.313. The molecular formula is C21H35IN8. The van der Waals surface area contributed by atoms with E-state index in [4.69, 9.17) is 4.99 Å². The van der Waals surface area contributed by atoms with Gasteiger partial charge in [0.25, 0.3) is 0 Å². The standard InChI is InChI=1S/C21H34N8.HI/c1-4-19-27-26-16-29(19)13-10-23-21(22-5-2)25-15-18-6-7-20(24-14-18)28-11-8-17(3)9-12-28;/h6-7,14,16-17H,4-5,8-13,15H2,1-3H3,(H2,22,23,25);1H. The number of hydrogen-bond acceptors (Lipinski definition) is 5. The van der Waals surface area contributed by atoms with Gasteiger partial charge in [-0.15, -0.1) is 34.2 Å². The largest absolute Gasteiger partial charge is 0.357 e. The Morgan fingerprint density at radius 1 is 1.20 bits per heavy atom. The molecule has 2 aromatic heterocycles. The van der Waals surface area contributed by atoms with Gasteiger partial charge in [-0.1, -0.05) is 19.9 Å². The molecule has 0 aliphatic carbocycles. The van der Waals surface area contributed by atoms with E-state index in [9.17, 15) is 0 Å². The molecule has 2 aromatic rings. The molecule has 1 aliphatic heterocycles. The van der Waals surface area contributed by atoms with Crippen LogP contribution < -0.4 is 15.5 Å². The van der Waals surface area contributed by atoms with Crippen LogP contribution in [0, 0.1) is 5.92 Å². The number of nitrogens with one attached hydrogen (secondary N) is 2. The highest BCUT2D eigenvalue weighted by Gasteiger charge is 2.16. The summed E-state index contributed by atoms with van der Waals surface area (Å²) in [7, 11) is 0. The van der Waals surface area contributed by atoms with Crippen molar-refractivity contribution in [1.82, 2.24) is 30.4 Å². The summed E-state index contributed by atoms with van der Waals surface area (Å²) in [4.78, 5) is 11.7. The molecule has 2 N–H and O–H groups in total. The molecule has 0 atom stereocenters. The lowest BCUT2D eigenvalue weighted by Gasteiger charge is -2.31. The Bertz CT molecular complexity index is 766. The van der Waals surface area contributed by atoms with Gasteiger partial charge in [-0.2, -0.15) is 0 Å². The summed E-state index contributed by atoms with van der Waals surface area (Å²) in [6.07, 6.45) is 7.11. The highest BCUT2D eigenvalue weighted by atomic mass is 127. The summed E-state index contributed by atoms with van der Waals surface area (Å²) >= 11 is 0. The summed E-state index contributed by atoms with van der Waals surface area (Å²) in [6, 6.07) is 4.26. The Hall–Kier alpha value is -1.91. The van der Waals surface area contributed by atoms with Crippen molar-refractivity contribution in [3.63, 3.8) is 0 Å². The normalized spacial score (nSPS) is 15.0. The van der Waals surface area contributed by atoms with E-state index in [1.165, 1.54) is 12.8 Å². The number of aromatic nitrogens is 4. The summed E-state index contributed by atoms with van der Waals surface area (Å²) in [6.45, 7) is 11.7. The lowest BCUT2D eigenvalue weighted by molar-refractivity contribution is 0.436. The van der Waals surface area contributed by atoms with Crippen molar-refractivity contribution in [1.29, 1.82) is 0 Å². The fourth-order valence-corrected chi connectivity index (χ4v) is 3.48. The molecule has 30 heavy (non-hydrogen) atoms.